The second-order valence-electron chi connectivity index (χ2n) is 5.65. The second-order valence-corrected chi connectivity index (χ2v) is 5.65. The Bertz CT molecular complexity index is 1050. The van der Waals surface area contributed by atoms with Crippen molar-refractivity contribution in [2.45, 2.75) is 0 Å². The molecule has 26 heavy (non-hydrogen) atoms. The Morgan fingerprint density at radius 3 is 2.46 bits per heavy atom. The van der Waals surface area contributed by atoms with Gasteiger partial charge in [-0.3, -0.25) is 0 Å². The van der Waals surface area contributed by atoms with E-state index in [9.17, 15) is 4.79 Å². The maximum absolute atomic E-state index is 12.2. The van der Waals surface area contributed by atoms with E-state index in [4.69, 9.17) is 9.15 Å². The SMILES string of the molecule is O=C(C=Cc1ccccc1)Oc1ccccc1-c1nc2ccccc2o1. The van der Waals surface area contributed by atoms with Gasteiger partial charge in [0.2, 0.25) is 5.89 Å². The number of esters is 1. The van der Waals surface area contributed by atoms with Crippen molar-refractivity contribution in [1.82, 2.24) is 4.98 Å². The summed E-state index contributed by atoms with van der Waals surface area (Å²) >= 11 is 0. The van der Waals surface area contributed by atoms with E-state index in [0.29, 0.717) is 22.8 Å². The summed E-state index contributed by atoms with van der Waals surface area (Å²) in [5, 5.41) is 0. The maximum Gasteiger partial charge on any atom is 0.336 e. The summed E-state index contributed by atoms with van der Waals surface area (Å²) in [4.78, 5) is 16.6. The molecule has 0 aliphatic rings. The van der Waals surface area contributed by atoms with Crippen molar-refractivity contribution in [2.75, 3.05) is 0 Å². The van der Waals surface area contributed by atoms with Crippen LogP contribution in [0.5, 0.6) is 5.75 Å². The molecule has 1 aromatic heterocycles. The van der Waals surface area contributed by atoms with E-state index < -0.39 is 5.97 Å². The fraction of sp³-hybridized carbons (Fsp3) is 0. The number of fused-ring (bicyclic) bond motifs is 1. The number of hydrogen-bond acceptors (Lipinski definition) is 4. The lowest BCUT2D eigenvalue weighted by atomic mass is 10.2. The maximum atomic E-state index is 12.2. The fourth-order valence-corrected chi connectivity index (χ4v) is 2.59. The molecule has 1 heterocycles. The zero-order valence-electron chi connectivity index (χ0n) is 13.8. The van der Waals surface area contributed by atoms with Crippen LogP contribution < -0.4 is 4.74 Å². The van der Waals surface area contributed by atoms with Gasteiger partial charge < -0.3 is 9.15 Å². The minimum atomic E-state index is -0.461. The van der Waals surface area contributed by atoms with Crippen molar-refractivity contribution < 1.29 is 13.9 Å². The molecule has 0 aliphatic heterocycles. The molecule has 4 aromatic rings. The lowest BCUT2D eigenvalue weighted by molar-refractivity contribution is -0.128. The van der Waals surface area contributed by atoms with E-state index in [1.54, 1.807) is 18.2 Å². The molecule has 4 heteroatoms. The lowest BCUT2D eigenvalue weighted by Gasteiger charge is -2.05. The van der Waals surface area contributed by atoms with Gasteiger partial charge in [0.25, 0.3) is 0 Å². The molecule has 0 N–H and O–H groups in total. The summed E-state index contributed by atoms with van der Waals surface area (Å²) in [6.07, 6.45) is 3.11. The zero-order valence-corrected chi connectivity index (χ0v) is 13.8. The highest BCUT2D eigenvalue weighted by Gasteiger charge is 2.14. The molecule has 0 saturated carbocycles. The summed E-state index contributed by atoms with van der Waals surface area (Å²) in [7, 11) is 0. The summed E-state index contributed by atoms with van der Waals surface area (Å²) in [5.74, 6) is 0.362. The van der Waals surface area contributed by atoms with Crippen LogP contribution in [-0.2, 0) is 4.79 Å². The van der Waals surface area contributed by atoms with Gasteiger partial charge in [-0.1, -0.05) is 54.6 Å². The third-order valence-corrected chi connectivity index (χ3v) is 3.83. The average molecular weight is 341 g/mol. The third-order valence-electron chi connectivity index (χ3n) is 3.83. The molecule has 0 amide bonds. The van der Waals surface area contributed by atoms with E-state index in [2.05, 4.69) is 4.98 Å². The number of hydrogen-bond donors (Lipinski definition) is 0. The highest BCUT2D eigenvalue weighted by Crippen LogP contribution is 2.31. The molecule has 0 radical (unpaired) electrons. The van der Waals surface area contributed by atoms with Crippen LogP contribution in [0, 0.1) is 0 Å². The van der Waals surface area contributed by atoms with Gasteiger partial charge in [0.15, 0.2) is 5.58 Å². The van der Waals surface area contributed by atoms with Crippen LogP contribution in [0.15, 0.2) is 89.4 Å². The zero-order chi connectivity index (χ0) is 17.8. The van der Waals surface area contributed by atoms with E-state index in [1.807, 2.05) is 66.7 Å². The van der Waals surface area contributed by atoms with Crippen molar-refractivity contribution in [2.24, 2.45) is 0 Å². The first-order chi connectivity index (χ1) is 12.8. The molecule has 4 nitrogen and oxygen atoms in total. The smallest absolute Gasteiger partial charge is 0.336 e. The number of oxazole rings is 1. The van der Waals surface area contributed by atoms with Crippen molar-refractivity contribution in [3.63, 3.8) is 0 Å². The Balaban J connectivity index is 1.59. The molecule has 0 fully saturated rings. The number of rotatable bonds is 4. The molecule has 4 rings (SSSR count). The van der Waals surface area contributed by atoms with Crippen LogP contribution in [0.4, 0.5) is 0 Å². The molecule has 0 bridgehead atoms. The van der Waals surface area contributed by atoms with Gasteiger partial charge >= 0.3 is 5.97 Å². The Kier molecular flexibility index (Phi) is 4.31. The third kappa shape index (κ3) is 3.39. The normalized spacial score (nSPS) is 11.1. The Labute approximate surface area is 150 Å². The van der Waals surface area contributed by atoms with E-state index >= 15 is 0 Å². The van der Waals surface area contributed by atoms with Crippen molar-refractivity contribution >= 4 is 23.1 Å². The molecule has 3 aromatic carbocycles. The van der Waals surface area contributed by atoms with Crippen molar-refractivity contribution in [3.05, 3.63) is 90.5 Å². The molecule has 126 valence electrons. The summed E-state index contributed by atoms with van der Waals surface area (Å²) < 4.78 is 11.3. The standard InChI is InChI=1S/C22H15NO3/c24-21(15-14-16-8-2-1-3-9-16)25-19-12-6-4-10-17(19)22-23-18-11-5-7-13-20(18)26-22/h1-15H. The number of ether oxygens (including phenoxy) is 1. The molecular formula is C22H15NO3. The van der Waals surface area contributed by atoms with Gasteiger partial charge in [0.1, 0.15) is 11.3 Å². The van der Waals surface area contributed by atoms with Gasteiger partial charge in [-0.25, -0.2) is 9.78 Å². The van der Waals surface area contributed by atoms with Gasteiger partial charge in [0, 0.05) is 6.08 Å². The van der Waals surface area contributed by atoms with Crippen molar-refractivity contribution in [1.29, 1.82) is 0 Å². The quantitative estimate of drug-likeness (QED) is 0.294. The predicted molar refractivity (Wildman–Crippen MR) is 101 cm³/mol. The van der Waals surface area contributed by atoms with Crippen LogP contribution >= 0.6 is 0 Å². The first kappa shape index (κ1) is 15.8. The fourth-order valence-electron chi connectivity index (χ4n) is 2.59. The number of carbonyl (C=O) groups is 1. The first-order valence-corrected chi connectivity index (χ1v) is 8.19. The van der Waals surface area contributed by atoms with Crippen LogP contribution in [0.3, 0.4) is 0 Å². The monoisotopic (exact) mass is 341 g/mol. The number of benzene rings is 3. The minimum Gasteiger partial charge on any atom is -0.436 e. The minimum absolute atomic E-state index is 0.404. The Morgan fingerprint density at radius 2 is 1.62 bits per heavy atom. The summed E-state index contributed by atoms with van der Waals surface area (Å²) in [6.45, 7) is 0. The van der Waals surface area contributed by atoms with E-state index in [-0.39, 0.29) is 0 Å². The van der Waals surface area contributed by atoms with E-state index in [0.717, 1.165) is 11.1 Å². The number of aromatic nitrogens is 1. The van der Waals surface area contributed by atoms with Gasteiger partial charge in [-0.05, 0) is 35.9 Å². The first-order valence-electron chi connectivity index (χ1n) is 8.19. The Morgan fingerprint density at radius 1 is 0.885 bits per heavy atom. The predicted octanol–water partition coefficient (Wildman–Crippen LogP) is 5.11. The second kappa shape index (κ2) is 7.07. The molecule has 0 atom stereocenters. The summed E-state index contributed by atoms with van der Waals surface area (Å²) in [6, 6.07) is 24.3. The average Bonchev–Trinajstić information content (AvgIpc) is 3.12. The van der Waals surface area contributed by atoms with Gasteiger partial charge in [-0.2, -0.15) is 0 Å². The van der Waals surface area contributed by atoms with Gasteiger partial charge in [0.05, 0.1) is 5.56 Å². The van der Waals surface area contributed by atoms with Crippen molar-refractivity contribution in [3.8, 4) is 17.2 Å². The molecule has 0 aliphatic carbocycles. The topological polar surface area (TPSA) is 52.3 Å². The molecule has 0 saturated heterocycles. The molecule has 0 unspecified atom stereocenters. The summed E-state index contributed by atoms with van der Waals surface area (Å²) in [5.41, 5.74) is 3.00. The van der Waals surface area contributed by atoms with Gasteiger partial charge in [-0.15, -0.1) is 0 Å². The van der Waals surface area contributed by atoms with Crippen LogP contribution in [0.1, 0.15) is 5.56 Å². The highest BCUT2D eigenvalue weighted by atomic mass is 16.5. The largest absolute Gasteiger partial charge is 0.436 e. The molecular weight excluding hydrogens is 326 g/mol. The van der Waals surface area contributed by atoms with E-state index in [1.165, 1.54) is 6.08 Å². The Hall–Kier alpha value is -3.66. The highest BCUT2D eigenvalue weighted by molar-refractivity contribution is 5.90. The number of carbonyl (C=O) groups excluding carboxylic acids is 1. The number of para-hydroxylation sites is 3. The van der Waals surface area contributed by atoms with Crippen LogP contribution in [-0.4, -0.2) is 11.0 Å². The van der Waals surface area contributed by atoms with Crippen LogP contribution in [0.25, 0.3) is 28.6 Å². The lowest BCUT2D eigenvalue weighted by Crippen LogP contribution is -2.04. The van der Waals surface area contributed by atoms with Crippen LogP contribution in [0.2, 0.25) is 0 Å². The molecule has 0 spiro atoms. The number of nitrogens with zero attached hydrogens (tertiary/aromatic N) is 1.